The number of fused-ring (bicyclic) bond motifs is 1. The van der Waals surface area contributed by atoms with Crippen LogP contribution in [0.25, 0.3) is 0 Å². The van der Waals surface area contributed by atoms with Crippen molar-refractivity contribution in [3.8, 4) is 0 Å². The van der Waals surface area contributed by atoms with Crippen molar-refractivity contribution in [2.75, 3.05) is 18.9 Å². The second kappa shape index (κ2) is 7.25. The van der Waals surface area contributed by atoms with Crippen molar-refractivity contribution in [1.29, 1.82) is 0 Å². The predicted octanol–water partition coefficient (Wildman–Crippen LogP) is 1.57. The van der Waals surface area contributed by atoms with Crippen molar-refractivity contribution < 1.29 is 17.9 Å². The molecule has 0 amide bonds. The summed E-state index contributed by atoms with van der Waals surface area (Å²) in [5, 5.41) is 0. The van der Waals surface area contributed by atoms with E-state index in [-0.39, 0.29) is 24.0 Å². The first-order valence-corrected chi connectivity index (χ1v) is 9.84. The molecule has 1 aliphatic heterocycles. The number of ether oxygens (including phenoxy) is 2. The Bertz CT molecular complexity index is 608. The van der Waals surface area contributed by atoms with Crippen LogP contribution in [0.3, 0.4) is 0 Å². The summed E-state index contributed by atoms with van der Waals surface area (Å²) in [7, 11) is -3.19. The fourth-order valence-electron chi connectivity index (χ4n) is 3.46. The maximum Gasteiger partial charge on any atom is 0.214 e. The van der Waals surface area contributed by atoms with Crippen LogP contribution >= 0.6 is 0 Å². The maximum absolute atomic E-state index is 12.4. The summed E-state index contributed by atoms with van der Waals surface area (Å²) in [6, 6.07) is 3.76. The molecule has 1 aromatic rings. The quantitative estimate of drug-likeness (QED) is 0.786. The van der Waals surface area contributed by atoms with E-state index in [4.69, 9.17) is 9.47 Å². The Morgan fingerprint density at radius 2 is 2.13 bits per heavy atom. The molecule has 0 aromatic carbocycles. The van der Waals surface area contributed by atoms with Gasteiger partial charge in [0, 0.05) is 18.9 Å². The van der Waals surface area contributed by atoms with Crippen molar-refractivity contribution in [1.82, 2.24) is 9.29 Å². The van der Waals surface area contributed by atoms with Gasteiger partial charge in [-0.05, 0) is 37.0 Å². The molecular weight excluding hydrogens is 316 g/mol. The van der Waals surface area contributed by atoms with E-state index in [9.17, 15) is 8.42 Å². The van der Waals surface area contributed by atoms with Crippen molar-refractivity contribution in [2.24, 2.45) is 0 Å². The number of hydrogen-bond donors (Lipinski definition) is 0. The number of hydrogen-bond acceptors (Lipinski definition) is 5. The summed E-state index contributed by atoms with van der Waals surface area (Å²) < 4.78 is 38.4. The molecule has 3 atom stereocenters. The summed E-state index contributed by atoms with van der Waals surface area (Å²) >= 11 is 0. The number of aromatic nitrogens is 1. The standard InChI is InChI=1S/C16H24N2O4S/c1-2-11-23(19,20)18-9-10-21-16-14(18)3-4-15(16)22-12-13-5-7-17-8-6-13/h5-8,14-16H,2-4,9-12H2,1H3/t14-,15-,16-/m0/s1. The molecule has 6 nitrogen and oxygen atoms in total. The first kappa shape index (κ1) is 16.8. The molecule has 2 heterocycles. The number of rotatable bonds is 6. The summed E-state index contributed by atoms with van der Waals surface area (Å²) in [4.78, 5) is 3.99. The topological polar surface area (TPSA) is 68.7 Å². The Hall–Kier alpha value is -1.02. The SMILES string of the molecule is CCCS(=O)(=O)N1CCO[C@@H]2[C@@H](OCc3ccncc3)CC[C@@H]21. The van der Waals surface area contributed by atoms with E-state index >= 15 is 0 Å². The predicted molar refractivity (Wildman–Crippen MR) is 86.4 cm³/mol. The Balaban J connectivity index is 1.64. The zero-order valence-electron chi connectivity index (χ0n) is 13.4. The Labute approximate surface area is 137 Å². The molecular formula is C16H24N2O4S. The fourth-order valence-corrected chi connectivity index (χ4v) is 5.20. The van der Waals surface area contributed by atoms with Crippen molar-refractivity contribution >= 4 is 10.0 Å². The minimum atomic E-state index is -3.19. The maximum atomic E-state index is 12.4. The lowest BCUT2D eigenvalue weighted by atomic mass is 10.1. The second-order valence-electron chi connectivity index (χ2n) is 6.11. The van der Waals surface area contributed by atoms with Gasteiger partial charge in [-0.15, -0.1) is 0 Å². The average molecular weight is 340 g/mol. The van der Waals surface area contributed by atoms with Gasteiger partial charge in [-0.3, -0.25) is 4.98 Å². The average Bonchev–Trinajstić information content (AvgIpc) is 2.97. The number of sulfonamides is 1. The van der Waals surface area contributed by atoms with Crippen LogP contribution < -0.4 is 0 Å². The van der Waals surface area contributed by atoms with E-state index < -0.39 is 10.0 Å². The molecule has 0 bridgehead atoms. The molecule has 1 aliphatic carbocycles. The van der Waals surface area contributed by atoms with Gasteiger partial charge in [0.25, 0.3) is 0 Å². The first-order chi connectivity index (χ1) is 11.1. The minimum absolute atomic E-state index is 0.0483. The van der Waals surface area contributed by atoms with Crippen LogP contribution in [0.15, 0.2) is 24.5 Å². The zero-order chi connectivity index (χ0) is 16.3. The Morgan fingerprint density at radius 1 is 1.35 bits per heavy atom. The van der Waals surface area contributed by atoms with Crippen LogP contribution in [0, 0.1) is 0 Å². The van der Waals surface area contributed by atoms with E-state index in [1.807, 2.05) is 19.1 Å². The third-order valence-electron chi connectivity index (χ3n) is 4.52. The van der Waals surface area contributed by atoms with Crippen LogP contribution in [0.2, 0.25) is 0 Å². The fraction of sp³-hybridized carbons (Fsp3) is 0.688. The second-order valence-corrected chi connectivity index (χ2v) is 8.15. The van der Waals surface area contributed by atoms with E-state index in [0.717, 1.165) is 18.4 Å². The molecule has 0 unspecified atom stereocenters. The lowest BCUT2D eigenvalue weighted by Crippen LogP contribution is -2.54. The summed E-state index contributed by atoms with van der Waals surface area (Å²) in [6.07, 6.45) is 5.55. The molecule has 7 heteroatoms. The van der Waals surface area contributed by atoms with Crippen molar-refractivity contribution in [2.45, 2.75) is 51.0 Å². The number of morpholine rings is 1. The largest absolute Gasteiger partial charge is 0.372 e. The van der Waals surface area contributed by atoms with E-state index in [0.29, 0.717) is 26.2 Å². The molecule has 1 aromatic heterocycles. The molecule has 128 valence electrons. The first-order valence-electron chi connectivity index (χ1n) is 8.23. The van der Waals surface area contributed by atoms with Crippen LogP contribution in [0.4, 0.5) is 0 Å². The van der Waals surface area contributed by atoms with Gasteiger partial charge in [0.15, 0.2) is 0 Å². The normalized spacial score (nSPS) is 28.7. The van der Waals surface area contributed by atoms with Crippen LogP contribution in [0.1, 0.15) is 31.7 Å². The smallest absolute Gasteiger partial charge is 0.214 e. The number of nitrogens with zero attached hydrogens (tertiary/aromatic N) is 2. The van der Waals surface area contributed by atoms with Crippen LogP contribution in [-0.4, -0.2) is 54.9 Å². The highest BCUT2D eigenvalue weighted by atomic mass is 32.2. The molecule has 1 saturated heterocycles. The molecule has 0 spiro atoms. The highest BCUT2D eigenvalue weighted by Gasteiger charge is 2.46. The summed E-state index contributed by atoms with van der Waals surface area (Å²) in [5.74, 6) is 0.207. The van der Waals surface area contributed by atoms with Crippen molar-refractivity contribution in [3.63, 3.8) is 0 Å². The monoisotopic (exact) mass is 340 g/mol. The van der Waals surface area contributed by atoms with E-state index in [1.54, 1.807) is 16.7 Å². The zero-order valence-corrected chi connectivity index (χ0v) is 14.2. The number of pyridine rings is 1. The minimum Gasteiger partial charge on any atom is -0.372 e. The summed E-state index contributed by atoms with van der Waals surface area (Å²) in [6.45, 7) is 3.30. The molecule has 0 N–H and O–H groups in total. The van der Waals surface area contributed by atoms with E-state index in [1.165, 1.54) is 0 Å². The van der Waals surface area contributed by atoms with Gasteiger partial charge in [-0.25, -0.2) is 8.42 Å². The van der Waals surface area contributed by atoms with Gasteiger partial charge >= 0.3 is 0 Å². The van der Waals surface area contributed by atoms with Gasteiger partial charge in [0.2, 0.25) is 10.0 Å². The molecule has 2 aliphatic rings. The Morgan fingerprint density at radius 3 is 2.87 bits per heavy atom. The van der Waals surface area contributed by atoms with E-state index in [2.05, 4.69) is 4.98 Å². The van der Waals surface area contributed by atoms with Crippen LogP contribution in [-0.2, 0) is 26.1 Å². The van der Waals surface area contributed by atoms with Gasteiger partial charge in [-0.2, -0.15) is 4.31 Å². The highest BCUT2D eigenvalue weighted by molar-refractivity contribution is 7.89. The molecule has 2 fully saturated rings. The lowest BCUT2D eigenvalue weighted by molar-refractivity contribution is -0.100. The van der Waals surface area contributed by atoms with Gasteiger partial charge in [-0.1, -0.05) is 6.92 Å². The van der Waals surface area contributed by atoms with Gasteiger partial charge in [0.1, 0.15) is 6.10 Å². The third-order valence-corrected chi connectivity index (χ3v) is 6.61. The van der Waals surface area contributed by atoms with Crippen molar-refractivity contribution in [3.05, 3.63) is 30.1 Å². The highest BCUT2D eigenvalue weighted by Crippen LogP contribution is 2.34. The molecule has 23 heavy (non-hydrogen) atoms. The summed E-state index contributed by atoms with van der Waals surface area (Å²) in [5.41, 5.74) is 1.06. The lowest BCUT2D eigenvalue weighted by Gasteiger charge is -2.38. The molecule has 3 rings (SSSR count). The third kappa shape index (κ3) is 3.74. The Kier molecular flexibility index (Phi) is 5.31. The van der Waals surface area contributed by atoms with Gasteiger partial charge in [0.05, 0.1) is 31.1 Å². The molecule has 0 radical (unpaired) electrons. The van der Waals surface area contributed by atoms with Crippen LogP contribution in [0.5, 0.6) is 0 Å². The molecule has 1 saturated carbocycles. The van der Waals surface area contributed by atoms with Gasteiger partial charge < -0.3 is 9.47 Å².